The first-order valence-electron chi connectivity index (χ1n) is 6.69. The van der Waals surface area contributed by atoms with E-state index in [2.05, 4.69) is 10.0 Å². The topological polar surface area (TPSA) is 84.5 Å². The summed E-state index contributed by atoms with van der Waals surface area (Å²) in [6, 6.07) is 5.27. The molecule has 0 spiro atoms. The number of carbonyl (C=O) groups is 1. The maximum absolute atomic E-state index is 12.2. The molecule has 0 saturated carbocycles. The quantitative estimate of drug-likeness (QED) is 0.693. The highest BCUT2D eigenvalue weighted by atomic mass is 32.2. The summed E-state index contributed by atoms with van der Waals surface area (Å²) >= 11 is 0. The van der Waals surface area contributed by atoms with Crippen LogP contribution in [0.2, 0.25) is 0 Å². The molecule has 118 valence electrons. The number of sulfonamides is 1. The molecule has 7 heteroatoms. The molecule has 0 saturated heterocycles. The van der Waals surface area contributed by atoms with Crippen molar-refractivity contribution >= 4 is 15.9 Å². The highest BCUT2D eigenvalue weighted by Gasteiger charge is 2.16. The molecule has 6 nitrogen and oxygen atoms in total. The van der Waals surface area contributed by atoms with E-state index in [1.54, 1.807) is 19.1 Å². The minimum atomic E-state index is -3.55. The van der Waals surface area contributed by atoms with Gasteiger partial charge < -0.3 is 10.1 Å². The number of nitrogens with one attached hydrogen (secondary N) is 2. The zero-order valence-electron chi connectivity index (χ0n) is 12.6. The van der Waals surface area contributed by atoms with Gasteiger partial charge in [-0.3, -0.25) is 4.79 Å². The van der Waals surface area contributed by atoms with Crippen molar-refractivity contribution in [3.63, 3.8) is 0 Å². The predicted molar refractivity (Wildman–Crippen MR) is 80.6 cm³/mol. The van der Waals surface area contributed by atoms with Crippen molar-refractivity contribution in [3.05, 3.63) is 29.3 Å². The zero-order chi connectivity index (χ0) is 15.9. The van der Waals surface area contributed by atoms with Gasteiger partial charge in [0.05, 0.1) is 11.5 Å². The maximum atomic E-state index is 12.2. The molecule has 2 N–H and O–H groups in total. The molecule has 0 aliphatic rings. The van der Waals surface area contributed by atoms with E-state index in [1.165, 1.54) is 7.11 Å². The number of rotatable bonds is 8. The first-order valence-corrected chi connectivity index (χ1v) is 8.17. The van der Waals surface area contributed by atoms with Gasteiger partial charge in [0, 0.05) is 26.6 Å². The molecule has 0 aromatic heterocycles. The molecule has 0 unspecified atom stereocenters. The van der Waals surface area contributed by atoms with E-state index in [4.69, 9.17) is 4.74 Å². The first kappa shape index (κ1) is 17.6. The van der Waals surface area contributed by atoms with Crippen LogP contribution in [0.5, 0.6) is 0 Å². The highest BCUT2D eigenvalue weighted by molar-refractivity contribution is 7.89. The lowest BCUT2D eigenvalue weighted by molar-refractivity contribution is -0.121. The molecule has 21 heavy (non-hydrogen) atoms. The zero-order valence-corrected chi connectivity index (χ0v) is 13.4. The van der Waals surface area contributed by atoms with E-state index < -0.39 is 10.0 Å². The van der Waals surface area contributed by atoms with Gasteiger partial charge >= 0.3 is 0 Å². The lowest BCUT2D eigenvalue weighted by atomic mass is 10.2. The minimum absolute atomic E-state index is 0.147. The third kappa shape index (κ3) is 5.82. The molecule has 1 amide bonds. The second kappa shape index (κ2) is 8.11. The van der Waals surface area contributed by atoms with Crippen molar-refractivity contribution < 1.29 is 17.9 Å². The Kier molecular flexibility index (Phi) is 6.80. The average Bonchev–Trinajstić information content (AvgIpc) is 2.44. The molecule has 0 fully saturated rings. The second-order valence-corrected chi connectivity index (χ2v) is 6.49. The van der Waals surface area contributed by atoms with Gasteiger partial charge in [0.25, 0.3) is 0 Å². The van der Waals surface area contributed by atoms with Crippen molar-refractivity contribution in [1.82, 2.24) is 10.0 Å². The van der Waals surface area contributed by atoms with Crippen LogP contribution in [0.25, 0.3) is 0 Å². The SMILES string of the molecule is COCCC(=O)NCCNS(=O)(=O)c1cc(C)ccc1C. The number of methoxy groups -OCH3 is 1. The van der Waals surface area contributed by atoms with Crippen molar-refractivity contribution in [1.29, 1.82) is 0 Å². The summed E-state index contributed by atoms with van der Waals surface area (Å²) in [6.07, 6.45) is 0.264. The van der Waals surface area contributed by atoms with Crippen molar-refractivity contribution in [3.8, 4) is 0 Å². The van der Waals surface area contributed by atoms with Crippen LogP contribution in [0.1, 0.15) is 17.5 Å². The van der Waals surface area contributed by atoms with Crippen LogP contribution in [-0.4, -0.2) is 41.1 Å². The Morgan fingerprint density at radius 3 is 2.62 bits per heavy atom. The summed E-state index contributed by atoms with van der Waals surface area (Å²) in [6.45, 7) is 4.33. The largest absolute Gasteiger partial charge is 0.384 e. The summed E-state index contributed by atoms with van der Waals surface area (Å²) in [5, 5.41) is 2.62. The second-order valence-electron chi connectivity index (χ2n) is 4.76. The van der Waals surface area contributed by atoms with Crippen molar-refractivity contribution in [2.45, 2.75) is 25.2 Å². The van der Waals surface area contributed by atoms with Gasteiger partial charge in [-0.25, -0.2) is 13.1 Å². The molecule has 1 aromatic carbocycles. The third-order valence-corrected chi connectivity index (χ3v) is 4.51. The van der Waals surface area contributed by atoms with Crippen molar-refractivity contribution in [2.24, 2.45) is 0 Å². The predicted octanol–water partition coefficient (Wildman–Crippen LogP) is 0.734. The van der Waals surface area contributed by atoms with Gasteiger partial charge in [-0.1, -0.05) is 12.1 Å². The highest BCUT2D eigenvalue weighted by Crippen LogP contribution is 2.16. The van der Waals surface area contributed by atoms with Crippen LogP contribution in [0, 0.1) is 13.8 Å². The third-order valence-electron chi connectivity index (χ3n) is 2.91. The molecule has 0 atom stereocenters. The Hall–Kier alpha value is -1.44. The van der Waals surface area contributed by atoms with Gasteiger partial charge in [0.15, 0.2) is 0 Å². The van der Waals surface area contributed by atoms with Gasteiger partial charge in [-0.2, -0.15) is 0 Å². The number of aryl methyl sites for hydroxylation is 2. The monoisotopic (exact) mass is 314 g/mol. The van der Waals surface area contributed by atoms with Crippen LogP contribution >= 0.6 is 0 Å². The standard InChI is InChI=1S/C14H22N2O4S/c1-11-4-5-12(2)13(10-11)21(18,19)16-8-7-15-14(17)6-9-20-3/h4-5,10,16H,6-9H2,1-3H3,(H,15,17). The van der Waals surface area contributed by atoms with Crippen LogP contribution in [0.15, 0.2) is 23.1 Å². The van der Waals surface area contributed by atoms with Gasteiger partial charge in [-0.05, 0) is 31.0 Å². The summed E-state index contributed by atoms with van der Waals surface area (Å²) in [4.78, 5) is 11.6. The fourth-order valence-corrected chi connectivity index (χ4v) is 3.10. The molecule has 0 heterocycles. The molecular weight excluding hydrogens is 292 g/mol. The number of hydrogen-bond donors (Lipinski definition) is 2. The number of hydrogen-bond acceptors (Lipinski definition) is 4. The molecular formula is C14H22N2O4S. The number of ether oxygens (including phenoxy) is 1. The normalized spacial score (nSPS) is 11.4. The number of amides is 1. The molecule has 0 bridgehead atoms. The number of carbonyl (C=O) groups excluding carboxylic acids is 1. The van der Waals surface area contributed by atoms with Crippen molar-refractivity contribution in [2.75, 3.05) is 26.8 Å². The van der Waals surface area contributed by atoms with Gasteiger partial charge in [0.2, 0.25) is 15.9 Å². The Bertz CT molecular complexity index is 585. The van der Waals surface area contributed by atoms with Gasteiger partial charge in [-0.15, -0.1) is 0 Å². The Morgan fingerprint density at radius 2 is 1.95 bits per heavy atom. The Balaban J connectivity index is 2.50. The van der Waals surface area contributed by atoms with E-state index in [9.17, 15) is 13.2 Å². The van der Waals surface area contributed by atoms with Crippen LogP contribution in [0.4, 0.5) is 0 Å². The number of benzene rings is 1. The summed E-state index contributed by atoms with van der Waals surface area (Å²) < 4.78 is 31.6. The van der Waals surface area contributed by atoms with Crippen LogP contribution in [0.3, 0.4) is 0 Å². The fourth-order valence-electron chi connectivity index (χ4n) is 1.75. The summed E-state index contributed by atoms with van der Waals surface area (Å²) in [5.41, 5.74) is 1.58. The van der Waals surface area contributed by atoms with E-state index in [1.807, 2.05) is 13.0 Å². The molecule has 1 rings (SSSR count). The van der Waals surface area contributed by atoms with E-state index in [-0.39, 0.29) is 30.3 Å². The van der Waals surface area contributed by atoms with Crippen LogP contribution in [-0.2, 0) is 19.6 Å². The minimum Gasteiger partial charge on any atom is -0.384 e. The van der Waals surface area contributed by atoms with E-state index in [0.717, 1.165) is 5.56 Å². The molecule has 0 aliphatic carbocycles. The molecule has 1 aromatic rings. The van der Waals surface area contributed by atoms with E-state index in [0.29, 0.717) is 12.2 Å². The Labute approximate surface area is 125 Å². The average molecular weight is 314 g/mol. The summed E-state index contributed by atoms with van der Waals surface area (Å²) in [7, 11) is -2.03. The lowest BCUT2D eigenvalue weighted by Gasteiger charge is -2.10. The molecule has 0 aliphatic heterocycles. The fraction of sp³-hybridized carbons (Fsp3) is 0.500. The lowest BCUT2D eigenvalue weighted by Crippen LogP contribution is -2.35. The Morgan fingerprint density at radius 1 is 1.24 bits per heavy atom. The smallest absolute Gasteiger partial charge is 0.240 e. The maximum Gasteiger partial charge on any atom is 0.240 e. The van der Waals surface area contributed by atoms with Gasteiger partial charge in [0.1, 0.15) is 0 Å². The first-order chi connectivity index (χ1) is 9.86. The van der Waals surface area contributed by atoms with Crippen LogP contribution < -0.4 is 10.0 Å². The molecule has 0 radical (unpaired) electrons. The van der Waals surface area contributed by atoms with E-state index >= 15 is 0 Å². The summed E-state index contributed by atoms with van der Waals surface area (Å²) in [5.74, 6) is -0.164.